The molecule has 1 aromatic carbocycles. The van der Waals surface area contributed by atoms with E-state index in [2.05, 4.69) is 4.74 Å². The molecule has 1 aromatic rings. The van der Waals surface area contributed by atoms with Gasteiger partial charge in [-0.2, -0.15) is 8.42 Å². The van der Waals surface area contributed by atoms with Crippen molar-refractivity contribution >= 4 is 10.1 Å². The molecule has 0 aliphatic rings. The van der Waals surface area contributed by atoms with E-state index in [-0.39, 0.29) is 5.75 Å². The number of benzene rings is 1. The average molecular weight is 206 g/mol. The van der Waals surface area contributed by atoms with Crippen molar-refractivity contribution in [2.24, 2.45) is 0 Å². The highest BCUT2D eigenvalue weighted by Crippen LogP contribution is 2.23. The quantitative estimate of drug-likeness (QED) is 0.735. The molecule has 0 amide bonds. The first-order chi connectivity index (χ1) is 5.95. The van der Waals surface area contributed by atoms with Crippen LogP contribution in [0.2, 0.25) is 0 Å². The van der Waals surface area contributed by atoms with E-state index in [1.165, 1.54) is 7.11 Å². The van der Waals surface area contributed by atoms with Crippen LogP contribution in [0.4, 0.5) is 4.39 Å². The van der Waals surface area contributed by atoms with Gasteiger partial charge in [0, 0.05) is 6.07 Å². The lowest BCUT2D eigenvalue weighted by Gasteiger charge is -2.04. The summed E-state index contributed by atoms with van der Waals surface area (Å²) in [7, 11) is -3.17. The SMILES string of the molecule is COc1cc(F)ccc1S(=O)(=O)O. The second kappa shape index (κ2) is 3.31. The highest BCUT2D eigenvalue weighted by molar-refractivity contribution is 7.86. The molecule has 0 bridgehead atoms. The summed E-state index contributed by atoms with van der Waals surface area (Å²) in [6.07, 6.45) is 0. The highest BCUT2D eigenvalue weighted by atomic mass is 32.2. The molecule has 6 heteroatoms. The normalized spacial score (nSPS) is 11.3. The van der Waals surface area contributed by atoms with Crippen molar-refractivity contribution in [1.82, 2.24) is 0 Å². The van der Waals surface area contributed by atoms with Crippen LogP contribution in [-0.2, 0) is 10.1 Å². The van der Waals surface area contributed by atoms with E-state index in [9.17, 15) is 12.8 Å². The predicted molar refractivity (Wildman–Crippen MR) is 42.8 cm³/mol. The van der Waals surface area contributed by atoms with E-state index in [4.69, 9.17) is 4.55 Å². The molecule has 4 nitrogen and oxygen atoms in total. The highest BCUT2D eigenvalue weighted by Gasteiger charge is 2.16. The lowest BCUT2D eigenvalue weighted by Crippen LogP contribution is -2.01. The smallest absolute Gasteiger partial charge is 0.298 e. The van der Waals surface area contributed by atoms with E-state index >= 15 is 0 Å². The van der Waals surface area contributed by atoms with Crippen molar-refractivity contribution in [3.63, 3.8) is 0 Å². The minimum absolute atomic E-state index is 0.220. The summed E-state index contributed by atoms with van der Waals surface area (Å²) < 4.78 is 47.2. The largest absolute Gasteiger partial charge is 0.495 e. The molecule has 0 aromatic heterocycles. The van der Waals surface area contributed by atoms with Gasteiger partial charge in [0.25, 0.3) is 10.1 Å². The Labute approximate surface area is 74.7 Å². The molecule has 0 radical (unpaired) electrons. The zero-order valence-electron chi connectivity index (χ0n) is 6.69. The lowest BCUT2D eigenvalue weighted by molar-refractivity contribution is 0.394. The second-order valence-corrected chi connectivity index (χ2v) is 3.66. The first kappa shape index (κ1) is 9.94. The Hall–Kier alpha value is -1.14. The van der Waals surface area contributed by atoms with Crippen LogP contribution in [-0.4, -0.2) is 20.1 Å². The Morgan fingerprint density at radius 1 is 1.46 bits per heavy atom. The molecule has 0 aliphatic heterocycles. The van der Waals surface area contributed by atoms with E-state index in [0.717, 1.165) is 18.2 Å². The molecule has 72 valence electrons. The molecule has 1 rings (SSSR count). The number of halogens is 1. The molecule has 0 aliphatic carbocycles. The molecule has 0 unspecified atom stereocenters. The van der Waals surface area contributed by atoms with Gasteiger partial charge in [-0.05, 0) is 12.1 Å². The molecule has 0 fully saturated rings. The van der Waals surface area contributed by atoms with E-state index in [1.54, 1.807) is 0 Å². The van der Waals surface area contributed by atoms with Crippen molar-refractivity contribution in [3.05, 3.63) is 24.0 Å². The molecule has 0 saturated carbocycles. The maximum atomic E-state index is 12.6. The molecular formula is C7H7FO4S. The fraction of sp³-hybridized carbons (Fsp3) is 0.143. The summed E-state index contributed by atoms with van der Waals surface area (Å²) in [6.45, 7) is 0. The molecule has 0 heterocycles. The predicted octanol–water partition coefficient (Wildman–Crippen LogP) is 1.08. The van der Waals surface area contributed by atoms with Crippen molar-refractivity contribution in [3.8, 4) is 5.75 Å². The van der Waals surface area contributed by atoms with Gasteiger partial charge in [-0.3, -0.25) is 4.55 Å². The van der Waals surface area contributed by atoms with E-state index in [1.807, 2.05) is 0 Å². The standard InChI is InChI=1S/C7H7FO4S/c1-12-6-4-5(8)2-3-7(6)13(9,10)11/h2-4H,1H3,(H,9,10,11). The zero-order chi connectivity index (χ0) is 10.1. The van der Waals surface area contributed by atoms with Crippen molar-refractivity contribution in [2.45, 2.75) is 4.90 Å². The van der Waals surface area contributed by atoms with Gasteiger partial charge < -0.3 is 4.74 Å². The topological polar surface area (TPSA) is 63.6 Å². The zero-order valence-corrected chi connectivity index (χ0v) is 7.51. The number of ether oxygens (including phenoxy) is 1. The summed E-state index contributed by atoms with van der Waals surface area (Å²) in [5, 5.41) is 0. The maximum Gasteiger partial charge on any atom is 0.298 e. The Kier molecular flexibility index (Phi) is 2.53. The number of methoxy groups -OCH3 is 1. The van der Waals surface area contributed by atoms with Crippen LogP contribution in [0, 0.1) is 5.82 Å². The van der Waals surface area contributed by atoms with E-state index in [0.29, 0.717) is 0 Å². The summed E-state index contributed by atoms with van der Waals surface area (Å²) in [4.78, 5) is -0.448. The monoisotopic (exact) mass is 206 g/mol. The Morgan fingerprint density at radius 3 is 2.54 bits per heavy atom. The van der Waals surface area contributed by atoms with Crippen LogP contribution in [0.5, 0.6) is 5.75 Å². The van der Waals surface area contributed by atoms with Gasteiger partial charge >= 0.3 is 0 Å². The Balaban J connectivity index is 3.39. The van der Waals surface area contributed by atoms with Crippen LogP contribution in [0.15, 0.2) is 23.1 Å². The summed E-state index contributed by atoms with van der Waals surface area (Å²) in [5.41, 5.74) is 0. The van der Waals surface area contributed by atoms with Crippen molar-refractivity contribution in [2.75, 3.05) is 7.11 Å². The third kappa shape index (κ3) is 2.16. The maximum absolute atomic E-state index is 12.6. The first-order valence-electron chi connectivity index (χ1n) is 3.26. The molecule has 0 saturated heterocycles. The molecule has 0 spiro atoms. The van der Waals surface area contributed by atoms with Gasteiger partial charge in [0.15, 0.2) is 0 Å². The fourth-order valence-electron chi connectivity index (χ4n) is 0.855. The Bertz CT molecular complexity index is 413. The summed E-state index contributed by atoms with van der Waals surface area (Å²) >= 11 is 0. The minimum Gasteiger partial charge on any atom is -0.495 e. The van der Waals surface area contributed by atoms with Crippen LogP contribution >= 0.6 is 0 Å². The van der Waals surface area contributed by atoms with Crippen LogP contribution < -0.4 is 4.74 Å². The Morgan fingerprint density at radius 2 is 2.08 bits per heavy atom. The molecule has 1 N–H and O–H groups in total. The number of hydrogen-bond acceptors (Lipinski definition) is 3. The number of hydrogen-bond donors (Lipinski definition) is 1. The van der Waals surface area contributed by atoms with Crippen molar-refractivity contribution < 1.29 is 22.1 Å². The van der Waals surface area contributed by atoms with Gasteiger partial charge in [-0.15, -0.1) is 0 Å². The average Bonchev–Trinajstić information content (AvgIpc) is 2.01. The molecule has 0 atom stereocenters. The van der Waals surface area contributed by atoms with Crippen LogP contribution in [0.1, 0.15) is 0 Å². The number of rotatable bonds is 2. The van der Waals surface area contributed by atoms with Crippen LogP contribution in [0.25, 0.3) is 0 Å². The van der Waals surface area contributed by atoms with Crippen LogP contribution in [0.3, 0.4) is 0 Å². The van der Waals surface area contributed by atoms with Gasteiger partial charge in [0.2, 0.25) is 0 Å². The molecule has 13 heavy (non-hydrogen) atoms. The van der Waals surface area contributed by atoms with Gasteiger partial charge in [0.1, 0.15) is 16.5 Å². The lowest BCUT2D eigenvalue weighted by atomic mass is 10.3. The van der Waals surface area contributed by atoms with Crippen molar-refractivity contribution in [1.29, 1.82) is 0 Å². The second-order valence-electron chi connectivity index (χ2n) is 2.27. The minimum atomic E-state index is -4.35. The summed E-state index contributed by atoms with van der Waals surface area (Å²) in [6, 6.07) is 2.73. The van der Waals surface area contributed by atoms with Gasteiger partial charge in [-0.1, -0.05) is 0 Å². The molecular weight excluding hydrogens is 199 g/mol. The fourth-order valence-corrected chi connectivity index (χ4v) is 1.49. The first-order valence-corrected chi connectivity index (χ1v) is 4.70. The van der Waals surface area contributed by atoms with Gasteiger partial charge in [0.05, 0.1) is 7.11 Å². The summed E-state index contributed by atoms with van der Waals surface area (Å²) in [5.74, 6) is -0.855. The van der Waals surface area contributed by atoms with Gasteiger partial charge in [-0.25, -0.2) is 4.39 Å². The van der Waals surface area contributed by atoms with E-state index < -0.39 is 20.8 Å². The third-order valence-corrected chi connectivity index (χ3v) is 2.30. The third-order valence-electron chi connectivity index (χ3n) is 1.40.